The minimum absolute atomic E-state index is 0.826. The van der Waals surface area contributed by atoms with Gasteiger partial charge in [-0.25, -0.2) is 0 Å². The molecule has 0 heterocycles. The van der Waals surface area contributed by atoms with Crippen LogP contribution in [-0.2, 0) is 0 Å². The third-order valence-electron chi connectivity index (χ3n) is 7.88. The van der Waals surface area contributed by atoms with Crippen LogP contribution in [0.25, 0.3) is 11.1 Å². The smallest absolute Gasteiger partial charge is 0.0399 e. The van der Waals surface area contributed by atoms with Crippen molar-refractivity contribution >= 4 is 11.4 Å². The van der Waals surface area contributed by atoms with Gasteiger partial charge in [-0.1, -0.05) is 122 Å². The predicted molar refractivity (Wildman–Crippen MR) is 163 cm³/mol. The second-order valence-electron chi connectivity index (χ2n) is 10.9. The average Bonchev–Trinajstić information content (AvgIpc) is 2.88. The number of nitrogens with zero attached hydrogens (tertiary/aromatic N) is 1. The Bertz CT molecular complexity index is 804. The Morgan fingerprint density at radius 1 is 0.528 bits per heavy atom. The highest BCUT2D eigenvalue weighted by Gasteiger charge is 2.14. The topological polar surface area (TPSA) is 29.3 Å². The molecule has 0 amide bonds. The first kappa shape index (κ1) is 30.3. The van der Waals surface area contributed by atoms with Crippen molar-refractivity contribution in [1.29, 1.82) is 0 Å². The fourth-order valence-corrected chi connectivity index (χ4v) is 5.35. The van der Waals surface area contributed by atoms with E-state index in [0.29, 0.717) is 0 Å². The molecule has 0 aromatic heterocycles. The summed E-state index contributed by atoms with van der Waals surface area (Å²) in [6.45, 7) is 11.6. The van der Waals surface area contributed by atoms with E-state index < -0.39 is 0 Å². The van der Waals surface area contributed by atoms with Crippen LogP contribution in [0.4, 0.5) is 11.4 Å². The maximum absolute atomic E-state index is 5.93. The Balaban J connectivity index is 1.97. The number of hydrogen-bond acceptors (Lipinski definition) is 2. The lowest BCUT2D eigenvalue weighted by Crippen LogP contribution is -2.26. The lowest BCUT2D eigenvalue weighted by molar-refractivity contribution is 0.555. The van der Waals surface area contributed by atoms with Gasteiger partial charge in [0.25, 0.3) is 0 Å². The molecule has 2 rings (SSSR count). The molecule has 202 valence electrons. The minimum Gasteiger partial charge on any atom is -0.399 e. The lowest BCUT2D eigenvalue weighted by Gasteiger charge is -2.28. The normalized spacial score (nSPS) is 11.2. The van der Waals surface area contributed by atoms with Crippen molar-refractivity contribution in [2.45, 2.75) is 130 Å². The van der Waals surface area contributed by atoms with Crippen LogP contribution in [0.15, 0.2) is 36.4 Å². The third-order valence-corrected chi connectivity index (χ3v) is 7.88. The van der Waals surface area contributed by atoms with Crippen molar-refractivity contribution in [3.63, 3.8) is 0 Å². The zero-order chi connectivity index (χ0) is 26.0. The van der Waals surface area contributed by atoms with Crippen LogP contribution in [0.3, 0.4) is 0 Å². The predicted octanol–water partition coefficient (Wildman–Crippen LogP) is 10.6. The van der Waals surface area contributed by atoms with Gasteiger partial charge < -0.3 is 10.6 Å². The number of anilines is 2. The number of hydrogen-bond donors (Lipinski definition) is 1. The molecule has 0 saturated heterocycles. The average molecular weight is 493 g/mol. The summed E-state index contributed by atoms with van der Waals surface area (Å²) >= 11 is 0. The van der Waals surface area contributed by atoms with Crippen molar-refractivity contribution in [2.24, 2.45) is 0 Å². The van der Waals surface area contributed by atoms with Crippen molar-refractivity contribution < 1.29 is 0 Å². The summed E-state index contributed by atoms with van der Waals surface area (Å²) in [5.74, 6) is 0. The Hall–Kier alpha value is -1.96. The molecule has 0 bridgehead atoms. The summed E-state index contributed by atoms with van der Waals surface area (Å²) in [5, 5.41) is 0. The molecule has 0 saturated carbocycles. The van der Waals surface area contributed by atoms with Gasteiger partial charge in [0, 0.05) is 24.5 Å². The summed E-state index contributed by atoms with van der Waals surface area (Å²) in [6, 6.07) is 13.0. The van der Waals surface area contributed by atoms with Crippen LogP contribution in [-0.4, -0.2) is 13.1 Å². The van der Waals surface area contributed by atoms with E-state index in [1.54, 1.807) is 0 Å². The molecule has 0 aliphatic rings. The largest absolute Gasteiger partial charge is 0.399 e. The van der Waals surface area contributed by atoms with Crippen LogP contribution in [0.2, 0.25) is 0 Å². The van der Waals surface area contributed by atoms with E-state index in [2.05, 4.69) is 56.9 Å². The van der Waals surface area contributed by atoms with E-state index in [-0.39, 0.29) is 0 Å². The first-order valence-corrected chi connectivity index (χ1v) is 15.3. The first-order valence-electron chi connectivity index (χ1n) is 15.3. The van der Waals surface area contributed by atoms with Gasteiger partial charge in [0.1, 0.15) is 0 Å². The zero-order valence-corrected chi connectivity index (χ0v) is 24.2. The molecule has 0 aliphatic heterocycles. The van der Waals surface area contributed by atoms with Crippen molar-refractivity contribution in [2.75, 3.05) is 23.7 Å². The van der Waals surface area contributed by atoms with Gasteiger partial charge in [-0.05, 0) is 67.1 Å². The van der Waals surface area contributed by atoms with Crippen LogP contribution >= 0.6 is 0 Å². The fraction of sp³-hybridized carbons (Fsp3) is 0.647. The van der Waals surface area contributed by atoms with Gasteiger partial charge in [-0.2, -0.15) is 0 Å². The Morgan fingerprint density at radius 2 is 0.972 bits per heavy atom. The molecule has 0 atom stereocenters. The summed E-state index contributed by atoms with van der Waals surface area (Å²) in [4.78, 5) is 2.70. The van der Waals surface area contributed by atoms with Gasteiger partial charge in [0.05, 0.1) is 0 Å². The minimum atomic E-state index is 0.826. The molecular formula is C34H56N2. The molecule has 2 nitrogen and oxygen atoms in total. The quantitative estimate of drug-likeness (QED) is 0.147. The van der Waals surface area contributed by atoms with Gasteiger partial charge in [-0.15, -0.1) is 0 Å². The molecule has 2 aromatic rings. The van der Waals surface area contributed by atoms with Gasteiger partial charge >= 0.3 is 0 Å². The molecule has 0 radical (unpaired) electrons. The Morgan fingerprint density at radius 3 is 1.44 bits per heavy atom. The summed E-state index contributed by atoms with van der Waals surface area (Å²) < 4.78 is 0. The van der Waals surface area contributed by atoms with E-state index in [1.807, 2.05) is 12.1 Å². The molecule has 36 heavy (non-hydrogen) atoms. The van der Waals surface area contributed by atoms with Crippen molar-refractivity contribution in [3.8, 4) is 11.1 Å². The highest BCUT2D eigenvalue weighted by molar-refractivity contribution is 5.74. The lowest BCUT2D eigenvalue weighted by atomic mass is 9.95. The SMILES string of the molecule is CCCCCCCCCCN(CCCCCCCCCC)c1ccc(-c2ccc(N)cc2)c(C)c1C. The molecular weight excluding hydrogens is 436 g/mol. The zero-order valence-electron chi connectivity index (χ0n) is 24.2. The second-order valence-corrected chi connectivity index (χ2v) is 10.9. The summed E-state index contributed by atoms with van der Waals surface area (Å²) in [6.07, 6.45) is 22.1. The molecule has 2 aromatic carbocycles. The van der Waals surface area contributed by atoms with E-state index in [1.165, 1.54) is 144 Å². The number of unbranched alkanes of at least 4 members (excludes halogenated alkanes) is 14. The first-order chi connectivity index (χ1) is 17.6. The third kappa shape index (κ3) is 11.0. The molecule has 0 unspecified atom stereocenters. The van der Waals surface area contributed by atoms with Gasteiger partial charge in [0.2, 0.25) is 0 Å². The fourth-order valence-electron chi connectivity index (χ4n) is 5.35. The number of nitrogen functional groups attached to an aromatic ring is 1. The monoisotopic (exact) mass is 492 g/mol. The summed E-state index contributed by atoms with van der Waals surface area (Å²) in [7, 11) is 0. The molecule has 2 heteroatoms. The van der Waals surface area contributed by atoms with Crippen LogP contribution in [0.5, 0.6) is 0 Å². The van der Waals surface area contributed by atoms with Crippen LogP contribution in [0.1, 0.15) is 128 Å². The molecule has 0 aliphatic carbocycles. The Labute approximate surface area is 224 Å². The Kier molecular flexibility index (Phi) is 15.4. The van der Waals surface area contributed by atoms with Crippen LogP contribution < -0.4 is 10.6 Å². The van der Waals surface area contributed by atoms with E-state index in [4.69, 9.17) is 5.73 Å². The molecule has 0 fully saturated rings. The number of rotatable bonds is 20. The second kappa shape index (κ2) is 18.3. The summed E-state index contributed by atoms with van der Waals surface area (Å²) in [5.41, 5.74) is 13.6. The van der Waals surface area contributed by atoms with E-state index in [9.17, 15) is 0 Å². The number of benzene rings is 2. The maximum atomic E-state index is 5.93. The highest BCUT2D eigenvalue weighted by Crippen LogP contribution is 2.32. The van der Waals surface area contributed by atoms with Crippen LogP contribution in [0, 0.1) is 13.8 Å². The standard InChI is InChI=1S/C34H56N2/c1-5-7-9-11-13-15-17-19-27-36(28-20-18-16-14-12-10-8-6-2)34-26-25-33(29(3)30(34)4)31-21-23-32(35)24-22-31/h21-26H,5-20,27-28,35H2,1-4H3. The maximum Gasteiger partial charge on any atom is 0.0399 e. The van der Waals surface area contributed by atoms with E-state index in [0.717, 1.165) is 5.69 Å². The van der Waals surface area contributed by atoms with E-state index >= 15 is 0 Å². The van der Waals surface area contributed by atoms with Gasteiger partial charge in [0.15, 0.2) is 0 Å². The highest BCUT2D eigenvalue weighted by atomic mass is 15.1. The molecule has 2 N–H and O–H groups in total. The number of nitrogens with two attached hydrogens (primary N) is 1. The molecule has 0 spiro atoms. The van der Waals surface area contributed by atoms with Crippen molar-refractivity contribution in [3.05, 3.63) is 47.5 Å². The van der Waals surface area contributed by atoms with Crippen molar-refractivity contribution in [1.82, 2.24) is 0 Å². The van der Waals surface area contributed by atoms with Gasteiger partial charge in [-0.3, -0.25) is 0 Å².